The van der Waals surface area contributed by atoms with Gasteiger partial charge in [-0.15, -0.1) is 0 Å². The molecule has 1 fully saturated rings. The number of likely N-dealkylation sites (N-methyl/N-ethyl adjacent to an activating group) is 1. The van der Waals surface area contributed by atoms with Crippen LogP contribution < -0.4 is 4.74 Å². The number of hydrogen-bond donors (Lipinski definition) is 2. The summed E-state index contributed by atoms with van der Waals surface area (Å²) in [5, 5.41) is 15.6. The molecule has 2 N–H and O–H groups in total. The summed E-state index contributed by atoms with van der Waals surface area (Å²) in [6, 6.07) is 4.42. The predicted octanol–water partition coefficient (Wildman–Crippen LogP) is 1.27. The molecule has 1 aliphatic rings. The van der Waals surface area contributed by atoms with Crippen LogP contribution in [0.5, 0.6) is 5.75 Å². The van der Waals surface area contributed by atoms with Crippen LogP contribution in [0.1, 0.15) is 12.8 Å². The fourth-order valence-corrected chi connectivity index (χ4v) is 1.96. The molecule has 2 heterocycles. The average Bonchev–Trinajstić information content (AvgIpc) is 2.90. The number of rotatable bonds is 5. The zero-order valence-electron chi connectivity index (χ0n) is 12.4. The Labute approximate surface area is 128 Å². The molecule has 0 unspecified atom stereocenters. The molecule has 2 rings (SSSR count). The number of likely N-dealkylation sites (tertiary alicyclic amines) is 1. The van der Waals surface area contributed by atoms with Crippen molar-refractivity contribution < 1.29 is 24.5 Å². The van der Waals surface area contributed by atoms with Gasteiger partial charge < -0.3 is 19.8 Å². The molecule has 1 aliphatic heterocycles. The molecule has 22 heavy (non-hydrogen) atoms. The van der Waals surface area contributed by atoms with Crippen molar-refractivity contribution in [3.05, 3.63) is 36.7 Å². The quantitative estimate of drug-likeness (QED) is 0.790. The number of nitrogens with zero attached hydrogens (tertiary/aromatic N) is 2. The van der Waals surface area contributed by atoms with Gasteiger partial charge in [-0.3, -0.25) is 4.98 Å². The Kier molecular flexibility index (Phi) is 7.63. The Bertz CT molecular complexity index is 488. The van der Waals surface area contributed by atoms with E-state index in [-0.39, 0.29) is 0 Å². The molecule has 1 saturated heterocycles. The van der Waals surface area contributed by atoms with Crippen molar-refractivity contribution in [3.63, 3.8) is 0 Å². The first kappa shape index (κ1) is 17.6. The SMILES string of the molecule is CN1CCC[C@H]1COc1cccnc1.O=C(O)/C=C/C(=O)O. The Balaban J connectivity index is 0.000000261. The van der Waals surface area contributed by atoms with Gasteiger partial charge in [-0.1, -0.05) is 0 Å². The molecule has 0 spiro atoms. The number of carboxylic acids is 2. The zero-order chi connectivity index (χ0) is 16.4. The molecule has 0 radical (unpaired) electrons. The van der Waals surface area contributed by atoms with Gasteiger partial charge in [0.15, 0.2) is 0 Å². The number of carboxylic acid groups (broad SMARTS) is 2. The summed E-state index contributed by atoms with van der Waals surface area (Å²) in [6.45, 7) is 1.98. The summed E-state index contributed by atoms with van der Waals surface area (Å²) in [6.07, 6.45) is 7.17. The van der Waals surface area contributed by atoms with E-state index >= 15 is 0 Å². The van der Waals surface area contributed by atoms with Gasteiger partial charge in [0.05, 0.1) is 6.20 Å². The van der Waals surface area contributed by atoms with Crippen molar-refractivity contribution in [1.29, 1.82) is 0 Å². The molecule has 1 aromatic heterocycles. The lowest BCUT2D eigenvalue weighted by molar-refractivity contribution is -0.134. The maximum atomic E-state index is 9.55. The first-order valence-electron chi connectivity index (χ1n) is 6.86. The van der Waals surface area contributed by atoms with E-state index in [1.165, 1.54) is 19.4 Å². The smallest absolute Gasteiger partial charge is 0.328 e. The molecule has 0 aliphatic carbocycles. The van der Waals surface area contributed by atoms with Crippen molar-refractivity contribution >= 4 is 11.9 Å². The van der Waals surface area contributed by atoms with E-state index in [9.17, 15) is 9.59 Å². The normalized spacial score (nSPS) is 17.8. The Morgan fingerprint density at radius 3 is 2.55 bits per heavy atom. The minimum Gasteiger partial charge on any atom is -0.490 e. The molecule has 120 valence electrons. The number of carbonyl (C=O) groups is 2. The minimum atomic E-state index is -1.26. The highest BCUT2D eigenvalue weighted by Gasteiger charge is 2.21. The maximum absolute atomic E-state index is 9.55. The van der Waals surface area contributed by atoms with Gasteiger partial charge in [0, 0.05) is 24.4 Å². The van der Waals surface area contributed by atoms with Crippen LogP contribution in [0.25, 0.3) is 0 Å². The fourth-order valence-electron chi connectivity index (χ4n) is 1.96. The molecule has 7 nitrogen and oxygen atoms in total. The number of aliphatic carboxylic acids is 2. The minimum absolute atomic E-state index is 0.558. The second kappa shape index (κ2) is 9.51. The lowest BCUT2D eigenvalue weighted by atomic mass is 10.2. The molecular formula is C15H20N2O5. The van der Waals surface area contributed by atoms with Crippen LogP contribution in [0.4, 0.5) is 0 Å². The Hall–Kier alpha value is -2.41. The van der Waals surface area contributed by atoms with E-state index in [1.54, 1.807) is 12.4 Å². The third kappa shape index (κ3) is 7.39. The number of ether oxygens (including phenoxy) is 1. The molecule has 1 aromatic rings. The van der Waals surface area contributed by atoms with Crippen molar-refractivity contribution in [2.45, 2.75) is 18.9 Å². The van der Waals surface area contributed by atoms with Crippen LogP contribution in [0, 0.1) is 0 Å². The highest BCUT2D eigenvalue weighted by molar-refractivity contribution is 5.89. The fraction of sp³-hybridized carbons (Fsp3) is 0.400. The summed E-state index contributed by atoms with van der Waals surface area (Å²) in [5.41, 5.74) is 0. The van der Waals surface area contributed by atoms with Gasteiger partial charge in [-0.2, -0.15) is 0 Å². The van der Waals surface area contributed by atoms with Crippen LogP contribution >= 0.6 is 0 Å². The van der Waals surface area contributed by atoms with E-state index in [1.807, 2.05) is 12.1 Å². The lowest BCUT2D eigenvalue weighted by Crippen LogP contribution is -2.30. The standard InChI is InChI=1S/C11H16N2O.C4H4O4/c1-13-7-3-4-10(13)9-14-11-5-2-6-12-8-11;5-3(6)1-2-4(7)8/h2,5-6,8,10H,3-4,7,9H2,1H3;1-2H,(H,5,6)(H,7,8)/b;2-1+/t10-;/m0./s1. The largest absolute Gasteiger partial charge is 0.490 e. The number of pyridine rings is 1. The van der Waals surface area contributed by atoms with E-state index in [4.69, 9.17) is 14.9 Å². The van der Waals surface area contributed by atoms with E-state index in [0.29, 0.717) is 18.2 Å². The van der Waals surface area contributed by atoms with Crippen LogP contribution in [0.3, 0.4) is 0 Å². The van der Waals surface area contributed by atoms with Crippen LogP contribution in [0.2, 0.25) is 0 Å². The third-order valence-electron chi connectivity index (χ3n) is 3.12. The van der Waals surface area contributed by atoms with E-state index < -0.39 is 11.9 Å². The number of hydrogen-bond acceptors (Lipinski definition) is 5. The highest BCUT2D eigenvalue weighted by Crippen LogP contribution is 2.16. The summed E-state index contributed by atoms with van der Waals surface area (Å²) in [4.78, 5) is 25.5. The summed E-state index contributed by atoms with van der Waals surface area (Å²) in [7, 11) is 2.16. The second-order valence-corrected chi connectivity index (χ2v) is 4.79. The molecule has 1 atom stereocenters. The number of aromatic nitrogens is 1. The van der Waals surface area contributed by atoms with Gasteiger partial charge in [0.25, 0.3) is 0 Å². The van der Waals surface area contributed by atoms with Gasteiger partial charge >= 0.3 is 11.9 Å². The molecular weight excluding hydrogens is 288 g/mol. The van der Waals surface area contributed by atoms with Crippen LogP contribution in [0.15, 0.2) is 36.7 Å². The average molecular weight is 308 g/mol. The van der Waals surface area contributed by atoms with E-state index in [0.717, 1.165) is 12.4 Å². The molecule has 7 heteroatoms. The predicted molar refractivity (Wildman–Crippen MR) is 79.8 cm³/mol. The highest BCUT2D eigenvalue weighted by atomic mass is 16.5. The van der Waals surface area contributed by atoms with Crippen molar-refractivity contribution in [1.82, 2.24) is 9.88 Å². The Morgan fingerprint density at radius 1 is 1.41 bits per heavy atom. The molecule has 0 saturated carbocycles. The van der Waals surface area contributed by atoms with Crippen molar-refractivity contribution in [2.24, 2.45) is 0 Å². The van der Waals surface area contributed by atoms with Crippen LogP contribution in [-0.4, -0.2) is 58.3 Å². The van der Waals surface area contributed by atoms with Gasteiger partial charge in [-0.25, -0.2) is 9.59 Å². The molecule has 0 amide bonds. The Morgan fingerprint density at radius 2 is 2.09 bits per heavy atom. The van der Waals surface area contributed by atoms with Crippen LogP contribution in [-0.2, 0) is 9.59 Å². The second-order valence-electron chi connectivity index (χ2n) is 4.79. The third-order valence-corrected chi connectivity index (χ3v) is 3.12. The summed E-state index contributed by atoms with van der Waals surface area (Å²) >= 11 is 0. The summed E-state index contributed by atoms with van der Waals surface area (Å²) in [5.74, 6) is -1.65. The first-order valence-corrected chi connectivity index (χ1v) is 6.86. The summed E-state index contributed by atoms with van der Waals surface area (Å²) < 4.78 is 5.66. The van der Waals surface area contributed by atoms with Crippen molar-refractivity contribution in [2.75, 3.05) is 20.2 Å². The van der Waals surface area contributed by atoms with E-state index in [2.05, 4.69) is 16.9 Å². The van der Waals surface area contributed by atoms with Gasteiger partial charge in [0.1, 0.15) is 12.4 Å². The molecule has 0 bridgehead atoms. The molecule has 0 aromatic carbocycles. The topological polar surface area (TPSA) is 100.0 Å². The maximum Gasteiger partial charge on any atom is 0.328 e. The van der Waals surface area contributed by atoms with Gasteiger partial charge in [-0.05, 0) is 38.6 Å². The monoisotopic (exact) mass is 308 g/mol. The van der Waals surface area contributed by atoms with Gasteiger partial charge in [0.2, 0.25) is 0 Å². The zero-order valence-corrected chi connectivity index (χ0v) is 12.4. The first-order chi connectivity index (χ1) is 10.5. The van der Waals surface area contributed by atoms with Crippen molar-refractivity contribution in [3.8, 4) is 5.75 Å². The lowest BCUT2D eigenvalue weighted by Gasteiger charge is -2.19.